The number of rotatable bonds is 7. The van der Waals surface area contributed by atoms with Crippen LogP contribution in [0.2, 0.25) is 0 Å². The first kappa shape index (κ1) is 15.6. The lowest BCUT2D eigenvalue weighted by molar-refractivity contribution is 0.292. The molecule has 0 aliphatic carbocycles. The van der Waals surface area contributed by atoms with E-state index in [9.17, 15) is 0 Å². The van der Waals surface area contributed by atoms with Gasteiger partial charge >= 0.3 is 0 Å². The molecule has 0 saturated carbocycles. The molecule has 4 nitrogen and oxygen atoms in total. The van der Waals surface area contributed by atoms with E-state index in [2.05, 4.69) is 53.7 Å². The highest BCUT2D eigenvalue weighted by Gasteiger charge is 2.08. The molecule has 0 aliphatic heterocycles. The first-order valence-corrected chi connectivity index (χ1v) is 7.85. The first-order valence-electron chi connectivity index (χ1n) is 7.85. The Hall–Kier alpha value is -2.30. The molecule has 3 rings (SSSR count). The number of hydrogen-bond acceptors (Lipinski definition) is 4. The van der Waals surface area contributed by atoms with Gasteiger partial charge in [-0.1, -0.05) is 30.3 Å². The molecule has 120 valence electrons. The molecule has 0 unspecified atom stereocenters. The van der Waals surface area contributed by atoms with E-state index in [4.69, 9.17) is 9.52 Å². The van der Waals surface area contributed by atoms with Gasteiger partial charge in [0, 0.05) is 31.2 Å². The van der Waals surface area contributed by atoms with Crippen molar-refractivity contribution in [1.29, 1.82) is 0 Å². The van der Waals surface area contributed by atoms with Crippen LogP contribution in [0.25, 0.3) is 11.0 Å². The lowest BCUT2D eigenvalue weighted by Crippen LogP contribution is -2.17. The van der Waals surface area contributed by atoms with Crippen LogP contribution in [0.1, 0.15) is 11.3 Å². The molecule has 4 heteroatoms. The van der Waals surface area contributed by atoms with Gasteiger partial charge in [0.25, 0.3) is 0 Å². The van der Waals surface area contributed by atoms with Gasteiger partial charge in [0.2, 0.25) is 0 Å². The summed E-state index contributed by atoms with van der Waals surface area (Å²) in [6, 6.07) is 18.6. The molecule has 0 bridgehead atoms. The highest BCUT2D eigenvalue weighted by Crippen LogP contribution is 2.23. The predicted octanol–water partition coefficient (Wildman–Crippen LogP) is 3.15. The Morgan fingerprint density at radius 2 is 1.91 bits per heavy atom. The third-order valence-electron chi connectivity index (χ3n) is 3.84. The van der Waals surface area contributed by atoms with E-state index in [0.29, 0.717) is 6.54 Å². The van der Waals surface area contributed by atoms with Gasteiger partial charge in [-0.15, -0.1) is 0 Å². The molecule has 0 spiro atoms. The van der Waals surface area contributed by atoms with Crippen molar-refractivity contribution < 1.29 is 9.52 Å². The predicted molar refractivity (Wildman–Crippen MR) is 93.6 cm³/mol. The van der Waals surface area contributed by atoms with E-state index in [-0.39, 0.29) is 6.61 Å². The Balaban J connectivity index is 1.72. The van der Waals surface area contributed by atoms with Crippen LogP contribution in [0.3, 0.4) is 0 Å². The maximum atomic E-state index is 8.81. The van der Waals surface area contributed by atoms with Gasteiger partial charge in [0.15, 0.2) is 0 Å². The number of nitrogens with zero attached hydrogens (tertiary/aromatic N) is 1. The number of para-hydroxylation sites is 1. The molecule has 23 heavy (non-hydrogen) atoms. The molecule has 0 radical (unpaired) electrons. The molecular formula is C19H22N2O2. The molecule has 3 aromatic rings. The summed E-state index contributed by atoms with van der Waals surface area (Å²) in [6.45, 7) is 2.22. The number of anilines is 1. The molecule has 0 fully saturated rings. The zero-order valence-corrected chi connectivity index (χ0v) is 13.3. The van der Waals surface area contributed by atoms with Crippen molar-refractivity contribution in [3.05, 3.63) is 65.9 Å². The van der Waals surface area contributed by atoms with Gasteiger partial charge in [-0.2, -0.15) is 0 Å². The van der Waals surface area contributed by atoms with E-state index >= 15 is 0 Å². The van der Waals surface area contributed by atoms with Crippen LogP contribution in [-0.4, -0.2) is 25.3 Å². The van der Waals surface area contributed by atoms with Gasteiger partial charge in [-0.3, -0.25) is 0 Å². The Morgan fingerprint density at radius 3 is 2.70 bits per heavy atom. The highest BCUT2D eigenvalue weighted by molar-refractivity contribution is 5.78. The van der Waals surface area contributed by atoms with E-state index < -0.39 is 0 Å². The fraction of sp³-hybridized carbons (Fsp3) is 0.263. The molecule has 1 aromatic heterocycles. The average molecular weight is 310 g/mol. The second kappa shape index (κ2) is 7.31. The third kappa shape index (κ3) is 3.92. The van der Waals surface area contributed by atoms with Gasteiger partial charge in [0.1, 0.15) is 11.3 Å². The maximum absolute atomic E-state index is 8.81. The summed E-state index contributed by atoms with van der Waals surface area (Å²) < 4.78 is 5.99. The van der Waals surface area contributed by atoms with Gasteiger partial charge in [-0.25, -0.2) is 0 Å². The summed E-state index contributed by atoms with van der Waals surface area (Å²) in [5, 5.41) is 13.1. The maximum Gasteiger partial charge on any atom is 0.134 e. The van der Waals surface area contributed by atoms with E-state index in [1.54, 1.807) is 0 Å². The van der Waals surface area contributed by atoms with E-state index in [0.717, 1.165) is 35.4 Å². The zero-order valence-electron chi connectivity index (χ0n) is 13.3. The molecule has 0 atom stereocenters. The van der Waals surface area contributed by atoms with Gasteiger partial charge in [0.05, 0.1) is 13.2 Å². The van der Waals surface area contributed by atoms with E-state index in [1.807, 2.05) is 18.2 Å². The molecule has 0 amide bonds. The normalized spacial score (nSPS) is 11.0. The Kier molecular flexibility index (Phi) is 4.95. The number of hydrogen-bond donors (Lipinski definition) is 2. The largest absolute Gasteiger partial charge is 0.459 e. The summed E-state index contributed by atoms with van der Waals surface area (Å²) in [5.41, 5.74) is 3.23. The van der Waals surface area contributed by atoms with Crippen molar-refractivity contribution in [3.63, 3.8) is 0 Å². The smallest absolute Gasteiger partial charge is 0.134 e. The quantitative estimate of drug-likeness (QED) is 0.658. The number of nitrogens with one attached hydrogen (secondary N) is 1. The molecule has 1 heterocycles. The molecule has 0 aliphatic rings. The zero-order chi connectivity index (χ0) is 16.1. The van der Waals surface area contributed by atoms with Crippen LogP contribution >= 0.6 is 0 Å². The number of furan rings is 1. The van der Waals surface area contributed by atoms with Crippen LogP contribution in [0.15, 0.2) is 59.0 Å². The molecule has 0 saturated heterocycles. The number of fused-ring (bicyclic) bond motifs is 1. The van der Waals surface area contributed by atoms with Crippen LogP contribution in [0.4, 0.5) is 5.69 Å². The SMILES string of the molecule is CN(Cc1cc2ccc(CNCCO)cc2o1)c1ccccc1. The Labute approximate surface area is 136 Å². The van der Waals surface area contributed by atoms with Crippen LogP contribution in [0.5, 0.6) is 0 Å². The summed E-state index contributed by atoms with van der Waals surface area (Å²) >= 11 is 0. The summed E-state index contributed by atoms with van der Waals surface area (Å²) in [4.78, 5) is 2.17. The van der Waals surface area contributed by atoms with Crippen molar-refractivity contribution in [1.82, 2.24) is 5.32 Å². The average Bonchev–Trinajstić information content (AvgIpc) is 2.97. The van der Waals surface area contributed by atoms with Crippen LogP contribution in [-0.2, 0) is 13.1 Å². The third-order valence-corrected chi connectivity index (χ3v) is 3.84. The fourth-order valence-corrected chi connectivity index (χ4v) is 2.64. The lowest BCUT2D eigenvalue weighted by Gasteiger charge is -2.17. The monoisotopic (exact) mass is 310 g/mol. The topological polar surface area (TPSA) is 48.6 Å². The molecule has 2 N–H and O–H groups in total. The summed E-state index contributed by atoms with van der Waals surface area (Å²) in [5.74, 6) is 0.951. The summed E-state index contributed by atoms with van der Waals surface area (Å²) in [7, 11) is 2.06. The second-order valence-corrected chi connectivity index (χ2v) is 5.68. The Morgan fingerprint density at radius 1 is 1.09 bits per heavy atom. The number of aliphatic hydroxyl groups excluding tert-OH is 1. The second-order valence-electron chi connectivity index (χ2n) is 5.68. The standard InChI is InChI=1S/C19H22N2O2/c1-21(17-5-3-2-4-6-17)14-18-12-16-8-7-15(11-19(16)23-18)13-20-9-10-22/h2-8,11-12,20,22H,9-10,13-14H2,1H3. The first-order chi connectivity index (χ1) is 11.3. The fourth-order valence-electron chi connectivity index (χ4n) is 2.64. The molecular weight excluding hydrogens is 288 g/mol. The van der Waals surface area contributed by atoms with Crippen LogP contribution < -0.4 is 10.2 Å². The minimum atomic E-state index is 0.152. The minimum absolute atomic E-state index is 0.152. The van der Waals surface area contributed by atoms with Gasteiger partial charge < -0.3 is 19.7 Å². The van der Waals surface area contributed by atoms with Crippen molar-refractivity contribution in [3.8, 4) is 0 Å². The van der Waals surface area contributed by atoms with Gasteiger partial charge in [-0.05, 0) is 29.8 Å². The Bertz CT molecular complexity index is 752. The minimum Gasteiger partial charge on any atom is -0.459 e. The lowest BCUT2D eigenvalue weighted by atomic mass is 10.1. The van der Waals surface area contributed by atoms with Crippen molar-refractivity contribution in [2.24, 2.45) is 0 Å². The van der Waals surface area contributed by atoms with E-state index in [1.165, 1.54) is 5.69 Å². The highest BCUT2D eigenvalue weighted by atomic mass is 16.3. The van der Waals surface area contributed by atoms with Crippen molar-refractivity contribution in [2.45, 2.75) is 13.1 Å². The van der Waals surface area contributed by atoms with Crippen LogP contribution in [0, 0.1) is 0 Å². The number of benzene rings is 2. The summed E-state index contributed by atoms with van der Waals surface area (Å²) in [6.07, 6.45) is 0. The molecule has 2 aromatic carbocycles. The number of aliphatic hydroxyl groups is 1. The van der Waals surface area contributed by atoms with Crippen molar-refractivity contribution >= 4 is 16.7 Å². The van der Waals surface area contributed by atoms with Crippen molar-refractivity contribution in [2.75, 3.05) is 25.1 Å².